The third kappa shape index (κ3) is 4.10. The minimum absolute atomic E-state index is 0.634. The minimum Gasteiger partial charge on any atom is -0.370 e. The number of hydrogen-bond acceptors (Lipinski definition) is 3. The van der Waals surface area contributed by atoms with Crippen LogP contribution in [0.3, 0.4) is 0 Å². The first-order valence-corrected chi connectivity index (χ1v) is 6.52. The van der Waals surface area contributed by atoms with Gasteiger partial charge in [0.1, 0.15) is 5.82 Å². The van der Waals surface area contributed by atoms with Crippen LogP contribution in [0.1, 0.15) is 25.3 Å². The molecule has 0 aliphatic carbocycles. The molecule has 1 aromatic heterocycles. The number of aromatic nitrogens is 1. The quantitative estimate of drug-likeness (QED) is 0.845. The molecule has 0 bridgehead atoms. The summed E-state index contributed by atoms with van der Waals surface area (Å²) in [7, 11) is 0. The van der Waals surface area contributed by atoms with Crippen molar-refractivity contribution in [3.8, 4) is 0 Å². The summed E-state index contributed by atoms with van der Waals surface area (Å²) in [5.41, 5.74) is 6.74. The molecule has 1 heterocycles. The molecule has 90 valence electrons. The van der Waals surface area contributed by atoms with E-state index in [1.807, 2.05) is 6.20 Å². The molecule has 0 amide bonds. The highest BCUT2D eigenvalue weighted by molar-refractivity contribution is 9.10. The molecule has 0 aliphatic heterocycles. The summed E-state index contributed by atoms with van der Waals surface area (Å²) >= 11 is 3.41. The van der Waals surface area contributed by atoms with Crippen molar-refractivity contribution in [2.75, 3.05) is 18.4 Å². The molecular weight excluding hydrogens is 266 g/mol. The molecule has 0 spiro atoms. The fourth-order valence-corrected chi connectivity index (χ4v) is 2.10. The maximum Gasteiger partial charge on any atom is 0.128 e. The van der Waals surface area contributed by atoms with Gasteiger partial charge in [-0.3, -0.25) is 0 Å². The van der Waals surface area contributed by atoms with Gasteiger partial charge in [0.25, 0.3) is 0 Å². The lowest BCUT2D eigenvalue weighted by Gasteiger charge is -2.16. The van der Waals surface area contributed by atoms with E-state index in [0.29, 0.717) is 5.92 Å². The van der Waals surface area contributed by atoms with Crippen molar-refractivity contribution in [1.82, 2.24) is 4.98 Å². The Morgan fingerprint density at radius 1 is 1.56 bits per heavy atom. The molecule has 4 heteroatoms. The molecule has 0 fully saturated rings. The van der Waals surface area contributed by atoms with Crippen LogP contribution < -0.4 is 11.1 Å². The van der Waals surface area contributed by atoms with Crippen molar-refractivity contribution in [3.63, 3.8) is 0 Å². The lowest BCUT2D eigenvalue weighted by atomic mass is 10.0. The van der Waals surface area contributed by atoms with Crippen LogP contribution in [0.5, 0.6) is 0 Å². The van der Waals surface area contributed by atoms with E-state index in [2.05, 4.69) is 46.1 Å². The predicted octanol–water partition coefficient (Wildman–Crippen LogP) is 2.94. The first kappa shape index (κ1) is 13.5. The van der Waals surface area contributed by atoms with Gasteiger partial charge in [-0.15, -0.1) is 0 Å². The second kappa shape index (κ2) is 6.86. The molecule has 0 aliphatic rings. The number of nitrogens with one attached hydrogen (secondary N) is 1. The van der Waals surface area contributed by atoms with Gasteiger partial charge in [-0.25, -0.2) is 4.98 Å². The average Bonchev–Trinajstić information content (AvgIpc) is 2.26. The van der Waals surface area contributed by atoms with Crippen LogP contribution in [-0.2, 0) is 0 Å². The third-order valence-electron chi connectivity index (χ3n) is 2.76. The smallest absolute Gasteiger partial charge is 0.128 e. The van der Waals surface area contributed by atoms with E-state index < -0.39 is 0 Å². The standard InChI is InChI=1S/C12H20BrN3/c1-3-10(4-5-14)7-15-12-9(2)6-11(13)8-16-12/h6,8,10H,3-5,7,14H2,1-2H3,(H,15,16). The molecule has 1 unspecified atom stereocenters. The van der Waals surface area contributed by atoms with Gasteiger partial charge in [0, 0.05) is 17.2 Å². The van der Waals surface area contributed by atoms with Crippen LogP contribution in [0.2, 0.25) is 0 Å². The maximum absolute atomic E-state index is 5.57. The Labute approximate surface area is 106 Å². The average molecular weight is 286 g/mol. The van der Waals surface area contributed by atoms with Crippen molar-refractivity contribution in [2.24, 2.45) is 11.7 Å². The van der Waals surface area contributed by atoms with Crippen LogP contribution in [0.4, 0.5) is 5.82 Å². The van der Waals surface area contributed by atoms with E-state index in [1.165, 1.54) is 0 Å². The number of nitrogens with two attached hydrogens (primary N) is 1. The number of pyridine rings is 1. The van der Waals surface area contributed by atoms with Crippen LogP contribution >= 0.6 is 15.9 Å². The Morgan fingerprint density at radius 3 is 2.88 bits per heavy atom. The van der Waals surface area contributed by atoms with E-state index in [9.17, 15) is 0 Å². The fourth-order valence-electron chi connectivity index (χ4n) is 1.65. The molecule has 0 saturated carbocycles. The zero-order chi connectivity index (χ0) is 12.0. The summed E-state index contributed by atoms with van der Waals surface area (Å²) in [6.45, 7) is 5.96. The van der Waals surface area contributed by atoms with Gasteiger partial charge >= 0.3 is 0 Å². The van der Waals surface area contributed by atoms with Crippen molar-refractivity contribution in [1.29, 1.82) is 0 Å². The largest absolute Gasteiger partial charge is 0.370 e. The van der Waals surface area contributed by atoms with Crippen LogP contribution in [0.25, 0.3) is 0 Å². The van der Waals surface area contributed by atoms with Crippen molar-refractivity contribution >= 4 is 21.7 Å². The number of rotatable bonds is 6. The Morgan fingerprint density at radius 2 is 2.31 bits per heavy atom. The zero-order valence-corrected chi connectivity index (χ0v) is 11.5. The van der Waals surface area contributed by atoms with Crippen LogP contribution in [0.15, 0.2) is 16.7 Å². The van der Waals surface area contributed by atoms with E-state index in [-0.39, 0.29) is 0 Å². The predicted molar refractivity (Wildman–Crippen MR) is 72.6 cm³/mol. The van der Waals surface area contributed by atoms with E-state index in [0.717, 1.165) is 41.8 Å². The fraction of sp³-hybridized carbons (Fsp3) is 0.583. The number of halogens is 1. The Hall–Kier alpha value is -0.610. The highest BCUT2D eigenvalue weighted by Gasteiger charge is 2.06. The van der Waals surface area contributed by atoms with E-state index >= 15 is 0 Å². The van der Waals surface area contributed by atoms with E-state index in [4.69, 9.17) is 5.73 Å². The molecule has 0 saturated heterocycles. The summed E-state index contributed by atoms with van der Waals surface area (Å²) < 4.78 is 1.02. The lowest BCUT2D eigenvalue weighted by Crippen LogP contribution is -2.18. The van der Waals surface area contributed by atoms with E-state index in [1.54, 1.807) is 0 Å². The maximum atomic E-state index is 5.57. The monoisotopic (exact) mass is 285 g/mol. The van der Waals surface area contributed by atoms with Crippen LogP contribution in [-0.4, -0.2) is 18.1 Å². The number of anilines is 1. The molecule has 3 N–H and O–H groups in total. The second-order valence-corrected chi connectivity index (χ2v) is 4.97. The Balaban J connectivity index is 2.53. The summed E-state index contributed by atoms with van der Waals surface area (Å²) in [5, 5.41) is 3.39. The first-order chi connectivity index (χ1) is 7.67. The zero-order valence-electron chi connectivity index (χ0n) is 9.96. The van der Waals surface area contributed by atoms with Gasteiger partial charge in [-0.2, -0.15) is 0 Å². The minimum atomic E-state index is 0.634. The van der Waals surface area contributed by atoms with Crippen molar-refractivity contribution in [3.05, 3.63) is 22.3 Å². The summed E-state index contributed by atoms with van der Waals surface area (Å²) in [6.07, 6.45) is 4.04. The highest BCUT2D eigenvalue weighted by atomic mass is 79.9. The molecular formula is C12H20BrN3. The summed E-state index contributed by atoms with van der Waals surface area (Å²) in [6, 6.07) is 2.07. The van der Waals surface area contributed by atoms with Gasteiger partial charge < -0.3 is 11.1 Å². The molecule has 1 atom stereocenters. The third-order valence-corrected chi connectivity index (χ3v) is 3.19. The molecule has 3 nitrogen and oxygen atoms in total. The van der Waals surface area contributed by atoms with Gasteiger partial charge in [0.05, 0.1) is 0 Å². The van der Waals surface area contributed by atoms with Gasteiger partial charge in [-0.1, -0.05) is 13.3 Å². The molecule has 0 radical (unpaired) electrons. The lowest BCUT2D eigenvalue weighted by molar-refractivity contribution is 0.501. The van der Waals surface area contributed by atoms with Crippen molar-refractivity contribution in [2.45, 2.75) is 26.7 Å². The molecule has 0 aromatic carbocycles. The normalized spacial score (nSPS) is 12.5. The number of hydrogen-bond donors (Lipinski definition) is 2. The van der Waals surface area contributed by atoms with Gasteiger partial charge in [-0.05, 0) is 53.4 Å². The Kier molecular flexibility index (Phi) is 5.77. The van der Waals surface area contributed by atoms with Gasteiger partial charge in [0.2, 0.25) is 0 Å². The number of nitrogens with zero attached hydrogens (tertiary/aromatic N) is 1. The SMILES string of the molecule is CCC(CCN)CNc1ncc(Br)cc1C. The molecule has 1 rings (SSSR count). The topological polar surface area (TPSA) is 50.9 Å². The first-order valence-electron chi connectivity index (χ1n) is 5.73. The molecule has 16 heavy (non-hydrogen) atoms. The number of aryl methyl sites for hydroxylation is 1. The Bertz CT molecular complexity index is 328. The highest BCUT2D eigenvalue weighted by Crippen LogP contribution is 2.17. The van der Waals surface area contributed by atoms with Crippen LogP contribution in [0, 0.1) is 12.8 Å². The molecule has 1 aromatic rings. The summed E-state index contributed by atoms with van der Waals surface area (Å²) in [4.78, 5) is 4.35. The summed E-state index contributed by atoms with van der Waals surface area (Å²) in [5.74, 6) is 1.61. The second-order valence-electron chi connectivity index (χ2n) is 4.05. The van der Waals surface area contributed by atoms with Crippen molar-refractivity contribution < 1.29 is 0 Å². The van der Waals surface area contributed by atoms with Gasteiger partial charge in [0.15, 0.2) is 0 Å².